The van der Waals surface area contributed by atoms with Gasteiger partial charge in [0.15, 0.2) is 5.78 Å². The van der Waals surface area contributed by atoms with Crippen molar-refractivity contribution >= 4 is 39.4 Å². The van der Waals surface area contributed by atoms with Crippen LogP contribution >= 0.6 is 11.3 Å². The van der Waals surface area contributed by atoms with Gasteiger partial charge in [0.1, 0.15) is 5.82 Å². The number of piperidine rings is 1. The molecule has 4 rings (SSSR count). The van der Waals surface area contributed by atoms with Gasteiger partial charge in [-0.2, -0.15) is 0 Å². The summed E-state index contributed by atoms with van der Waals surface area (Å²) in [6.07, 6.45) is 4.66. The number of rotatable bonds is 7. The van der Waals surface area contributed by atoms with Crippen LogP contribution in [0.5, 0.6) is 0 Å². The minimum absolute atomic E-state index is 0.135. The molecular formula is C25H32N4OS. The molecule has 2 aromatic heterocycles. The third kappa shape index (κ3) is 5.08. The summed E-state index contributed by atoms with van der Waals surface area (Å²) >= 11 is 1.61. The molecule has 1 aliphatic rings. The van der Waals surface area contributed by atoms with Crippen LogP contribution in [0, 0.1) is 12.8 Å². The van der Waals surface area contributed by atoms with Crippen molar-refractivity contribution in [2.75, 3.05) is 37.7 Å². The molecule has 0 radical (unpaired) electrons. The minimum atomic E-state index is 0.135. The van der Waals surface area contributed by atoms with Crippen LogP contribution in [0.2, 0.25) is 0 Å². The minimum Gasteiger partial charge on any atom is -0.383 e. The Balaban J connectivity index is 1.43. The maximum absolute atomic E-state index is 13.2. The monoisotopic (exact) mass is 436 g/mol. The molecule has 31 heavy (non-hydrogen) atoms. The number of nitrogens with one attached hydrogen (secondary N) is 1. The van der Waals surface area contributed by atoms with E-state index in [4.69, 9.17) is 5.73 Å². The highest BCUT2D eigenvalue weighted by molar-refractivity contribution is 7.14. The summed E-state index contributed by atoms with van der Waals surface area (Å²) in [5, 5.41) is 5.62. The average molecular weight is 437 g/mol. The Bertz CT molecular complexity index is 1070. The number of pyridine rings is 1. The van der Waals surface area contributed by atoms with Crippen molar-refractivity contribution in [1.29, 1.82) is 0 Å². The number of benzene rings is 1. The Kier molecular flexibility index (Phi) is 6.58. The Labute approximate surface area is 188 Å². The van der Waals surface area contributed by atoms with Crippen molar-refractivity contribution in [3.63, 3.8) is 0 Å². The van der Waals surface area contributed by atoms with Gasteiger partial charge in [-0.1, -0.05) is 25.1 Å². The lowest BCUT2D eigenvalue weighted by molar-refractivity contribution is 0.0980. The second kappa shape index (κ2) is 9.37. The smallest absolute Gasteiger partial charge is 0.175 e. The largest absolute Gasteiger partial charge is 0.383 e. The van der Waals surface area contributed by atoms with Gasteiger partial charge in [-0.05, 0) is 74.8 Å². The van der Waals surface area contributed by atoms with E-state index in [1.165, 1.54) is 17.7 Å². The normalized spacial score (nSPS) is 16.5. The van der Waals surface area contributed by atoms with Crippen molar-refractivity contribution in [3.8, 4) is 0 Å². The second-order valence-corrected chi connectivity index (χ2v) is 10.2. The standard InChI is InChI=1S/C25H32N4OS/c1-16(19-4-5-21-20(14-19)6-9-27-25(21)26)12-23(30)24-22(13-17(2)31-24)28-15-18-7-10-29(3)11-8-18/h4-6,9,13-14,16,18,28H,7-8,10-12,15H2,1-3H3,(H2,26,27). The summed E-state index contributed by atoms with van der Waals surface area (Å²) in [5.41, 5.74) is 8.14. The molecular weight excluding hydrogens is 404 g/mol. The molecule has 1 fully saturated rings. The maximum Gasteiger partial charge on any atom is 0.175 e. The van der Waals surface area contributed by atoms with Crippen molar-refractivity contribution < 1.29 is 4.79 Å². The molecule has 6 heteroatoms. The first-order chi connectivity index (χ1) is 14.9. The summed E-state index contributed by atoms with van der Waals surface area (Å²) in [7, 11) is 2.19. The first kappa shape index (κ1) is 21.8. The van der Waals surface area contributed by atoms with E-state index in [0.29, 0.717) is 18.2 Å². The molecule has 0 aliphatic carbocycles. The Hall–Kier alpha value is -2.44. The van der Waals surface area contributed by atoms with E-state index in [-0.39, 0.29) is 11.7 Å². The number of hydrogen-bond acceptors (Lipinski definition) is 6. The topological polar surface area (TPSA) is 71.2 Å². The molecule has 0 amide bonds. The van der Waals surface area contributed by atoms with Crippen LogP contribution in [0.4, 0.5) is 11.5 Å². The van der Waals surface area contributed by atoms with Crippen LogP contribution in [0.15, 0.2) is 36.5 Å². The van der Waals surface area contributed by atoms with Crippen LogP contribution in [0.1, 0.15) is 52.2 Å². The molecule has 0 bridgehead atoms. The molecule has 1 unspecified atom stereocenters. The van der Waals surface area contributed by atoms with Gasteiger partial charge < -0.3 is 16.0 Å². The summed E-state index contributed by atoms with van der Waals surface area (Å²) < 4.78 is 0. The summed E-state index contributed by atoms with van der Waals surface area (Å²) in [6.45, 7) is 7.46. The molecule has 3 aromatic rings. The number of nitrogens with zero attached hydrogens (tertiary/aromatic N) is 2. The zero-order chi connectivity index (χ0) is 22.0. The lowest BCUT2D eigenvalue weighted by Crippen LogP contribution is -2.33. The molecule has 0 saturated carbocycles. The van der Waals surface area contributed by atoms with E-state index in [1.54, 1.807) is 17.5 Å². The Morgan fingerprint density at radius 2 is 2.06 bits per heavy atom. The summed E-state index contributed by atoms with van der Waals surface area (Å²) in [5.74, 6) is 1.57. The van der Waals surface area contributed by atoms with Crippen LogP contribution in [0.25, 0.3) is 10.8 Å². The van der Waals surface area contributed by atoms with Crippen LogP contribution in [-0.2, 0) is 0 Å². The zero-order valence-electron chi connectivity index (χ0n) is 18.6. The number of Topliss-reactive ketones (excluding diaryl/α,β-unsaturated/α-hetero) is 1. The van der Waals surface area contributed by atoms with Crippen molar-refractivity contribution in [2.45, 2.75) is 39.0 Å². The SMILES string of the molecule is Cc1cc(NCC2CCN(C)CC2)c(C(=O)CC(C)c2ccc3c(N)nccc3c2)s1. The van der Waals surface area contributed by atoms with Crippen molar-refractivity contribution in [3.05, 3.63) is 51.8 Å². The van der Waals surface area contributed by atoms with Gasteiger partial charge in [-0.25, -0.2) is 4.98 Å². The zero-order valence-corrected chi connectivity index (χ0v) is 19.5. The van der Waals surface area contributed by atoms with Gasteiger partial charge in [-0.3, -0.25) is 4.79 Å². The molecule has 3 N–H and O–H groups in total. The molecule has 1 aliphatic heterocycles. The highest BCUT2D eigenvalue weighted by atomic mass is 32.1. The van der Waals surface area contributed by atoms with Gasteiger partial charge in [-0.15, -0.1) is 11.3 Å². The summed E-state index contributed by atoms with van der Waals surface area (Å²) in [6, 6.07) is 10.3. The number of anilines is 2. The van der Waals surface area contributed by atoms with Gasteiger partial charge in [0.25, 0.3) is 0 Å². The van der Waals surface area contributed by atoms with E-state index in [2.05, 4.69) is 54.3 Å². The number of aryl methyl sites for hydroxylation is 1. The summed E-state index contributed by atoms with van der Waals surface area (Å²) in [4.78, 5) is 21.8. The van der Waals surface area contributed by atoms with Crippen LogP contribution in [-0.4, -0.2) is 42.3 Å². The number of likely N-dealkylation sites (tertiary alicyclic amines) is 1. The van der Waals surface area contributed by atoms with Gasteiger partial charge >= 0.3 is 0 Å². The quantitative estimate of drug-likeness (QED) is 0.491. The van der Waals surface area contributed by atoms with Crippen LogP contribution < -0.4 is 11.1 Å². The third-order valence-electron chi connectivity index (χ3n) is 6.41. The van der Waals surface area contributed by atoms with Gasteiger partial charge in [0, 0.05) is 29.4 Å². The Morgan fingerprint density at radius 3 is 2.84 bits per heavy atom. The van der Waals surface area contributed by atoms with E-state index < -0.39 is 0 Å². The predicted molar refractivity (Wildman–Crippen MR) is 131 cm³/mol. The lowest BCUT2D eigenvalue weighted by Gasteiger charge is -2.29. The average Bonchev–Trinajstić information content (AvgIpc) is 3.14. The number of carbonyl (C=O) groups excluding carboxylic acids is 1. The molecule has 1 aromatic carbocycles. The fourth-order valence-corrected chi connectivity index (χ4v) is 5.33. The van der Waals surface area contributed by atoms with E-state index in [0.717, 1.165) is 46.5 Å². The molecule has 1 atom stereocenters. The number of thiophene rings is 1. The van der Waals surface area contributed by atoms with Gasteiger partial charge in [0.2, 0.25) is 0 Å². The first-order valence-corrected chi connectivity index (χ1v) is 11.9. The number of carbonyl (C=O) groups is 1. The highest BCUT2D eigenvalue weighted by Gasteiger charge is 2.21. The fourth-order valence-electron chi connectivity index (χ4n) is 4.39. The fraction of sp³-hybridized carbons (Fsp3) is 0.440. The molecule has 3 heterocycles. The van der Waals surface area contributed by atoms with Crippen molar-refractivity contribution in [2.24, 2.45) is 5.92 Å². The van der Waals surface area contributed by atoms with E-state index >= 15 is 0 Å². The predicted octanol–water partition coefficient (Wildman–Crippen LogP) is 5.32. The lowest BCUT2D eigenvalue weighted by atomic mass is 9.93. The Morgan fingerprint density at radius 1 is 1.29 bits per heavy atom. The number of fused-ring (bicyclic) bond motifs is 1. The molecule has 0 spiro atoms. The van der Waals surface area contributed by atoms with Gasteiger partial charge in [0.05, 0.1) is 10.6 Å². The molecule has 5 nitrogen and oxygen atoms in total. The van der Waals surface area contributed by atoms with Crippen LogP contribution in [0.3, 0.4) is 0 Å². The number of hydrogen-bond donors (Lipinski definition) is 2. The van der Waals surface area contributed by atoms with Crippen molar-refractivity contribution in [1.82, 2.24) is 9.88 Å². The number of nitrogen functional groups attached to an aromatic ring is 1. The third-order valence-corrected chi connectivity index (χ3v) is 7.50. The van der Waals surface area contributed by atoms with E-state index in [1.807, 2.05) is 12.1 Å². The second-order valence-electron chi connectivity index (χ2n) is 8.93. The number of aromatic nitrogens is 1. The molecule has 164 valence electrons. The first-order valence-electron chi connectivity index (χ1n) is 11.1. The number of ketones is 1. The number of nitrogens with two attached hydrogens (primary N) is 1. The maximum atomic E-state index is 13.2. The van der Waals surface area contributed by atoms with E-state index in [9.17, 15) is 4.79 Å². The molecule has 1 saturated heterocycles. The highest BCUT2D eigenvalue weighted by Crippen LogP contribution is 2.32.